The zero-order chi connectivity index (χ0) is 19.7. The Bertz CT molecular complexity index is 1000. The van der Waals surface area contributed by atoms with Gasteiger partial charge in [-0.3, -0.25) is 4.79 Å². The van der Waals surface area contributed by atoms with Crippen LogP contribution < -0.4 is 4.90 Å². The van der Waals surface area contributed by atoms with Crippen molar-refractivity contribution >= 4 is 22.9 Å². The Morgan fingerprint density at radius 2 is 2.07 bits per heavy atom. The Morgan fingerprint density at radius 1 is 1.29 bits per heavy atom. The van der Waals surface area contributed by atoms with Crippen LogP contribution in [0.25, 0.3) is 22.4 Å². The second-order valence-electron chi connectivity index (χ2n) is 6.60. The minimum Gasteiger partial charge on any atom is -0.466 e. The summed E-state index contributed by atoms with van der Waals surface area (Å²) in [6, 6.07) is 3.14. The number of benzene rings is 1. The Hall–Kier alpha value is -3.10. The highest BCUT2D eigenvalue weighted by Crippen LogP contribution is 2.35. The Morgan fingerprint density at radius 3 is 2.82 bits per heavy atom. The largest absolute Gasteiger partial charge is 0.466 e. The van der Waals surface area contributed by atoms with Crippen LogP contribution in [0.2, 0.25) is 0 Å². The lowest BCUT2D eigenvalue weighted by atomic mass is 9.98. The first-order valence-corrected chi connectivity index (χ1v) is 9.05. The van der Waals surface area contributed by atoms with Crippen molar-refractivity contribution in [3.05, 3.63) is 36.2 Å². The molecule has 3 aromatic rings. The predicted octanol–water partition coefficient (Wildman–Crippen LogP) is 3.34. The first-order chi connectivity index (χ1) is 13.6. The molecule has 4 rings (SSSR count). The van der Waals surface area contributed by atoms with Crippen LogP contribution in [-0.4, -0.2) is 40.8 Å². The van der Waals surface area contributed by atoms with E-state index >= 15 is 0 Å². The standard InChI is InChI=1S/C19H18F2N4O3/c1-2-27-19(26)11-4-3-5-25(9-11)17-15-16(24-28-18(15)23-10-22-17)12-6-13(20)8-14(21)7-12/h6-8,10-11H,2-5,9H2,1H3/t11-/m1/s1. The lowest BCUT2D eigenvalue weighted by molar-refractivity contribution is -0.148. The van der Waals surface area contributed by atoms with E-state index in [1.807, 2.05) is 4.90 Å². The summed E-state index contributed by atoms with van der Waals surface area (Å²) in [5.74, 6) is -1.43. The van der Waals surface area contributed by atoms with Crippen LogP contribution in [0.4, 0.5) is 14.6 Å². The van der Waals surface area contributed by atoms with Gasteiger partial charge in [-0.25, -0.2) is 13.8 Å². The van der Waals surface area contributed by atoms with Gasteiger partial charge in [0, 0.05) is 24.7 Å². The topological polar surface area (TPSA) is 81.4 Å². The molecule has 0 saturated carbocycles. The number of anilines is 1. The van der Waals surface area contributed by atoms with Crippen LogP contribution in [0, 0.1) is 17.6 Å². The van der Waals surface area contributed by atoms with E-state index in [0.29, 0.717) is 30.9 Å². The summed E-state index contributed by atoms with van der Waals surface area (Å²) in [7, 11) is 0. The molecule has 1 saturated heterocycles. The molecule has 1 aliphatic heterocycles. The maximum atomic E-state index is 13.7. The molecule has 0 aliphatic carbocycles. The number of fused-ring (bicyclic) bond motifs is 1. The summed E-state index contributed by atoms with van der Waals surface area (Å²) >= 11 is 0. The van der Waals surface area contributed by atoms with Gasteiger partial charge in [-0.05, 0) is 31.9 Å². The van der Waals surface area contributed by atoms with Crippen LogP contribution in [0.3, 0.4) is 0 Å². The van der Waals surface area contributed by atoms with Crippen LogP contribution in [-0.2, 0) is 9.53 Å². The van der Waals surface area contributed by atoms with E-state index in [2.05, 4.69) is 15.1 Å². The number of halogens is 2. The number of carbonyl (C=O) groups is 1. The first-order valence-electron chi connectivity index (χ1n) is 9.05. The first kappa shape index (κ1) is 18.3. The van der Waals surface area contributed by atoms with E-state index in [1.165, 1.54) is 18.5 Å². The maximum Gasteiger partial charge on any atom is 0.310 e. The van der Waals surface area contributed by atoms with Gasteiger partial charge in [0.15, 0.2) is 0 Å². The average molecular weight is 388 g/mol. The summed E-state index contributed by atoms with van der Waals surface area (Å²) in [6.45, 7) is 3.19. The number of piperidine rings is 1. The number of ether oxygens (including phenoxy) is 1. The van der Waals surface area contributed by atoms with Gasteiger partial charge >= 0.3 is 5.97 Å². The number of nitrogens with zero attached hydrogens (tertiary/aromatic N) is 4. The molecule has 0 unspecified atom stereocenters. The molecule has 0 radical (unpaired) electrons. The van der Waals surface area contributed by atoms with Gasteiger partial charge in [0.25, 0.3) is 5.71 Å². The number of rotatable bonds is 4. The van der Waals surface area contributed by atoms with Crippen molar-refractivity contribution in [2.75, 3.05) is 24.6 Å². The molecular weight excluding hydrogens is 370 g/mol. The number of aromatic nitrogens is 3. The molecule has 0 bridgehead atoms. The van der Waals surface area contributed by atoms with Gasteiger partial charge in [0.2, 0.25) is 0 Å². The SMILES string of the molecule is CCOC(=O)[C@@H]1CCCN(c2ncnc3onc(-c4cc(F)cc(F)c4)c23)C1. The normalized spacial score (nSPS) is 17.1. The lowest BCUT2D eigenvalue weighted by Crippen LogP contribution is -2.40. The van der Waals surface area contributed by atoms with Crippen molar-refractivity contribution in [3.63, 3.8) is 0 Å². The second kappa shape index (κ2) is 7.49. The quantitative estimate of drug-likeness (QED) is 0.634. The van der Waals surface area contributed by atoms with E-state index in [1.54, 1.807) is 6.92 Å². The number of carbonyl (C=O) groups excluding carboxylic acids is 1. The summed E-state index contributed by atoms with van der Waals surface area (Å²) in [5.41, 5.74) is 0.691. The van der Waals surface area contributed by atoms with Crippen molar-refractivity contribution in [1.82, 2.24) is 15.1 Å². The summed E-state index contributed by atoms with van der Waals surface area (Å²) in [6.07, 6.45) is 2.85. The van der Waals surface area contributed by atoms with Crippen molar-refractivity contribution < 1.29 is 22.8 Å². The molecule has 1 fully saturated rings. The average Bonchev–Trinajstić information content (AvgIpc) is 3.12. The van der Waals surface area contributed by atoms with E-state index in [0.717, 1.165) is 18.9 Å². The number of esters is 1. The van der Waals surface area contributed by atoms with Crippen molar-refractivity contribution in [3.8, 4) is 11.3 Å². The molecule has 1 atom stereocenters. The number of hydrogen-bond donors (Lipinski definition) is 0. The smallest absolute Gasteiger partial charge is 0.310 e. The van der Waals surface area contributed by atoms with E-state index < -0.39 is 11.6 Å². The van der Waals surface area contributed by atoms with Crippen molar-refractivity contribution in [2.24, 2.45) is 5.92 Å². The molecule has 0 amide bonds. The minimum atomic E-state index is -0.718. The fourth-order valence-electron chi connectivity index (χ4n) is 3.52. The monoisotopic (exact) mass is 388 g/mol. The highest BCUT2D eigenvalue weighted by Gasteiger charge is 2.30. The molecule has 9 heteroatoms. The molecule has 0 N–H and O–H groups in total. The third-order valence-electron chi connectivity index (χ3n) is 4.73. The van der Waals surface area contributed by atoms with Crippen LogP contribution in [0.15, 0.2) is 29.0 Å². The molecule has 28 heavy (non-hydrogen) atoms. The number of hydrogen-bond acceptors (Lipinski definition) is 7. The fraction of sp³-hybridized carbons (Fsp3) is 0.368. The highest BCUT2D eigenvalue weighted by molar-refractivity contribution is 5.98. The molecule has 7 nitrogen and oxygen atoms in total. The molecule has 3 heterocycles. The van der Waals surface area contributed by atoms with Gasteiger partial charge in [-0.1, -0.05) is 5.16 Å². The molecular formula is C19H18F2N4O3. The van der Waals surface area contributed by atoms with Crippen LogP contribution in [0.1, 0.15) is 19.8 Å². The second-order valence-corrected chi connectivity index (χ2v) is 6.60. The predicted molar refractivity (Wildman–Crippen MR) is 96.5 cm³/mol. The molecule has 1 aromatic carbocycles. The van der Waals surface area contributed by atoms with E-state index in [4.69, 9.17) is 9.26 Å². The summed E-state index contributed by atoms with van der Waals surface area (Å²) < 4.78 is 37.8. The van der Waals surface area contributed by atoms with Gasteiger partial charge < -0.3 is 14.2 Å². The molecule has 0 spiro atoms. The molecule has 1 aliphatic rings. The Balaban J connectivity index is 1.75. The summed E-state index contributed by atoms with van der Waals surface area (Å²) in [4.78, 5) is 22.5. The van der Waals surface area contributed by atoms with Crippen molar-refractivity contribution in [1.29, 1.82) is 0 Å². The summed E-state index contributed by atoms with van der Waals surface area (Å²) in [5, 5.41) is 4.41. The lowest BCUT2D eigenvalue weighted by Gasteiger charge is -2.32. The van der Waals surface area contributed by atoms with Crippen LogP contribution in [0.5, 0.6) is 0 Å². The zero-order valence-electron chi connectivity index (χ0n) is 15.2. The third kappa shape index (κ3) is 3.39. The van der Waals surface area contributed by atoms with Gasteiger partial charge in [0.1, 0.15) is 34.9 Å². The Labute approximate surface area is 159 Å². The fourth-order valence-corrected chi connectivity index (χ4v) is 3.52. The Kier molecular flexibility index (Phi) is 4.89. The van der Waals surface area contributed by atoms with Crippen molar-refractivity contribution in [2.45, 2.75) is 19.8 Å². The molecule has 2 aromatic heterocycles. The van der Waals surface area contributed by atoms with Gasteiger partial charge in [0.05, 0.1) is 12.5 Å². The van der Waals surface area contributed by atoms with Crippen LogP contribution >= 0.6 is 0 Å². The maximum absolute atomic E-state index is 13.7. The zero-order valence-corrected chi connectivity index (χ0v) is 15.2. The van der Waals surface area contributed by atoms with Gasteiger partial charge in [-0.2, -0.15) is 4.98 Å². The van der Waals surface area contributed by atoms with Gasteiger partial charge in [-0.15, -0.1) is 0 Å². The third-order valence-corrected chi connectivity index (χ3v) is 4.73. The minimum absolute atomic E-state index is 0.211. The molecule has 146 valence electrons. The van der Waals surface area contributed by atoms with E-state index in [-0.39, 0.29) is 28.9 Å². The van der Waals surface area contributed by atoms with E-state index in [9.17, 15) is 13.6 Å². The highest BCUT2D eigenvalue weighted by atomic mass is 19.1.